The second kappa shape index (κ2) is 5.19. The summed E-state index contributed by atoms with van der Waals surface area (Å²) >= 11 is 0. The lowest BCUT2D eigenvalue weighted by molar-refractivity contribution is 0.280. The molecule has 22 heavy (non-hydrogen) atoms. The van der Waals surface area contributed by atoms with Crippen molar-refractivity contribution in [2.75, 3.05) is 5.75 Å². The van der Waals surface area contributed by atoms with Crippen LogP contribution in [0.2, 0.25) is 0 Å². The van der Waals surface area contributed by atoms with Gasteiger partial charge in [0.1, 0.15) is 5.25 Å². The predicted molar refractivity (Wildman–Crippen MR) is 80.8 cm³/mol. The van der Waals surface area contributed by atoms with Gasteiger partial charge in [0.2, 0.25) is 0 Å². The zero-order chi connectivity index (χ0) is 16.0. The molecule has 0 fully saturated rings. The number of rotatable bonds is 3. The quantitative estimate of drug-likeness (QED) is 0.916. The highest BCUT2D eigenvalue weighted by atomic mass is 32.2. The van der Waals surface area contributed by atoms with Crippen LogP contribution >= 0.6 is 0 Å². The van der Waals surface area contributed by atoms with Crippen LogP contribution in [-0.2, 0) is 26.3 Å². The van der Waals surface area contributed by atoms with Gasteiger partial charge in [0.25, 0.3) is 0 Å². The Bertz CT molecular complexity index is 916. The van der Waals surface area contributed by atoms with Crippen molar-refractivity contribution in [1.29, 1.82) is 0 Å². The van der Waals surface area contributed by atoms with Gasteiger partial charge < -0.3 is 5.11 Å². The first-order chi connectivity index (χ1) is 10.4. The molecule has 0 bridgehead atoms. The van der Waals surface area contributed by atoms with Gasteiger partial charge in [0, 0.05) is 0 Å². The minimum Gasteiger partial charge on any atom is -0.392 e. The summed E-state index contributed by atoms with van der Waals surface area (Å²) in [5.74, 6) is -0.490. The summed E-state index contributed by atoms with van der Waals surface area (Å²) in [6.45, 7) is -0.403. The first-order valence-corrected chi connectivity index (χ1v) is 9.82. The van der Waals surface area contributed by atoms with Crippen molar-refractivity contribution >= 4 is 19.7 Å². The number of fused-ring (bicyclic) bond motifs is 1. The standard InChI is InChI=1S/C15H14O5S2/c16-9-11-5-4-8-13-15(11)14(10-21(13,17)18)22(19,20)12-6-2-1-3-7-12/h1-8,14,16H,9-10H2. The summed E-state index contributed by atoms with van der Waals surface area (Å²) in [7, 11) is -7.51. The van der Waals surface area contributed by atoms with Crippen molar-refractivity contribution < 1.29 is 21.9 Å². The normalized spacial score (nSPS) is 19.8. The number of sulfone groups is 2. The van der Waals surface area contributed by atoms with Crippen LogP contribution in [0.25, 0.3) is 0 Å². The molecule has 0 aliphatic carbocycles. The number of benzene rings is 2. The molecule has 3 rings (SSSR count). The van der Waals surface area contributed by atoms with E-state index in [-0.39, 0.29) is 15.4 Å². The van der Waals surface area contributed by atoms with Crippen LogP contribution in [0.5, 0.6) is 0 Å². The zero-order valence-corrected chi connectivity index (χ0v) is 13.1. The molecular weight excluding hydrogens is 324 g/mol. The van der Waals surface area contributed by atoms with Crippen molar-refractivity contribution in [3.8, 4) is 0 Å². The van der Waals surface area contributed by atoms with Crippen molar-refractivity contribution in [3.05, 3.63) is 59.7 Å². The number of hydrogen-bond donors (Lipinski definition) is 1. The van der Waals surface area contributed by atoms with Gasteiger partial charge in [-0.3, -0.25) is 0 Å². The lowest BCUT2D eigenvalue weighted by atomic mass is 10.1. The van der Waals surface area contributed by atoms with Crippen LogP contribution in [0, 0.1) is 0 Å². The molecule has 2 aromatic rings. The molecule has 1 aliphatic heterocycles. The number of hydrogen-bond acceptors (Lipinski definition) is 5. The molecule has 0 saturated heterocycles. The van der Waals surface area contributed by atoms with Gasteiger partial charge >= 0.3 is 0 Å². The second-order valence-corrected chi connectivity index (χ2v) is 9.25. The zero-order valence-electron chi connectivity index (χ0n) is 11.5. The fourth-order valence-electron chi connectivity index (χ4n) is 2.76. The molecule has 1 unspecified atom stereocenters. The van der Waals surface area contributed by atoms with Crippen molar-refractivity contribution in [3.63, 3.8) is 0 Å². The topological polar surface area (TPSA) is 88.5 Å². The maximum absolute atomic E-state index is 12.8. The van der Waals surface area contributed by atoms with E-state index in [2.05, 4.69) is 0 Å². The summed E-state index contributed by atoms with van der Waals surface area (Å²) in [5, 5.41) is 8.25. The second-order valence-electron chi connectivity index (χ2n) is 5.12. The lowest BCUT2D eigenvalue weighted by Crippen LogP contribution is -2.16. The Kier molecular flexibility index (Phi) is 3.58. The fourth-order valence-corrected chi connectivity index (χ4v) is 7.18. The fraction of sp³-hybridized carbons (Fsp3) is 0.200. The highest BCUT2D eigenvalue weighted by molar-refractivity contribution is 7.96. The average Bonchev–Trinajstić information content (AvgIpc) is 2.81. The van der Waals surface area contributed by atoms with E-state index < -0.39 is 37.3 Å². The van der Waals surface area contributed by atoms with Gasteiger partial charge in [-0.1, -0.05) is 30.3 Å². The van der Waals surface area contributed by atoms with E-state index in [1.807, 2.05) is 0 Å². The van der Waals surface area contributed by atoms with Gasteiger partial charge in [-0.05, 0) is 29.3 Å². The molecule has 116 valence electrons. The Morgan fingerprint density at radius 2 is 1.73 bits per heavy atom. The van der Waals surface area contributed by atoms with Gasteiger partial charge in [-0.15, -0.1) is 0 Å². The molecule has 1 heterocycles. The smallest absolute Gasteiger partial charge is 0.186 e. The third-order valence-electron chi connectivity index (χ3n) is 3.80. The number of aliphatic hydroxyl groups is 1. The van der Waals surface area contributed by atoms with Crippen LogP contribution in [0.4, 0.5) is 0 Å². The third-order valence-corrected chi connectivity index (χ3v) is 7.89. The molecule has 0 aromatic heterocycles. The Balaban J connectivity index is 2.25. The van der Waals surface area contributed by atoms with Crippen LogP contribution in [-0.4, -0.2) is 27.7 Å². The molecule has 0 amide bonds. The third kappa shape index (κ3) is 2.25. The summed E-state index contributed by atoms with van der Waals surface area (Å²) in [5.41, 5.74) is 0.539. The molecular formula is C15H14O5S2. The molecule has 1 N–H and O–H groups in total. The van der Waals surface area contributed by atoms with Gasteiger partial charge in [0.05, 0.1) is 22.2 Å². The van der Waals surface area contributed by atoms with E-state index in [0.717, 1.165) is 0 Å². The maximum Gasteiger partial charge on any atom is 0.186 e. The van der Waals surface area contributed by atoms with Crippen molar-refractivity contribution in [1.82, 2.24) is 0 Å². The summed E-state index contributed by atoms with van der Waals surface area (Å²) in [6.07, 6.45) is 0. The summed E-state index contributed by atoms with van der Waals surface area (Å²) < 4.78 is 50.1. The largest absolute Gasteiger partial charge is 0.392 e. The maximum atomic E-state index is 12.8. The monoisotopic (exact) mass is 338 g/mol. The Labute approximate surface area is 129 Å². The van der Waals surface area contributed by atoms with E-state index in [1.54, 1.807) is 24.3 Å². The van der Waals surface area contributed by atoms with E-state index in [4.69, 9.17) is 0 Å². The molecule has 5 nitrogen and oxygen atoms in total. The minimum atomic E-state index is -3.85. The first kappa shape index (κ1) is 15.2. The van der Waals surface area contributed by atoms with Crippen LogP contribution < -0.4 is 0 Å². The highest BCUT2D eigenvalue weighted by Crippen LogP contribution is 2.42. The molecule has 0 radical (unpaired) electrons. The van der Waals surface area contributed by atoms with Crippen LogP contribution in [0.15, 0.2) is 58.3 Å². The molecule has 2 aromatic carbocycles. The summed E-state index contributed by atoms with van der Waals surface area (Å²) in [4.78, 5) is 0.0827. The van der Waals surface area contributed by atoms with Crippen LogP contribution in [0.3, 0.4) is 0 Å². The Morgan fingerprint density at radius 1 is 1.05 bits per heavy atom. The Hall–Kier alpha value is -1.70. The summed E-state index contributed by atoms with van der Waals surface area (Å²) in [6, 6.07) is 12.2. The van der Waals surface area contributed by atoms with E-state index in [1.165, 1.54) is 24.3 Å². The van der Waals surface area contributed by atoms with Gasteiger partial charge in [-0.2, -0.15) is 0 Å². The highest BCUT2D eigenvalue weighted by Gasteiger charge is 2.44. The first-order valence-electron chi connectivity index (χ1n) is 6.62. The van der Waals surface area contributed by atoms with Crippen molar-refractivity contribution in [2.24, 2.45) is 0 Å². The van der Waals surface area contributed by atoms with Crippen molar-refractivity contribution in [2.45, 2.75) is 21.6 Å². The minimum absolute atomic E-state index is 0.00329. The van der Waals surface area contributed by atoms with Gasteiger partial charge in [0.15, 0.2) is 19.7 Å². The Morgan fingerprint density at radius 3 is 2.36 bits per heavy atom. The molecule has 0 saturated carbocycles. The van der Waals surface area contributed by atoms with Crippen LogP contribution in [0.1, 0.15) is 16.4 Å². The molecule has 7 heteroatoms. The molecule has 0 spiro atoms. The number of aliphatic hydroxyl groups excluding tert-OH is 1. The lowest BCUT2D eigenvalue weighted by Gasteiger charge is -2.14. The van der Waals surface area contributed by atoms with Gasteiger partial charge in [-0.25, -0.2) is 16.8 Å². The SMILES string of the molecule is O=S1(=O)CC(S(=O)(=O)c2ccccc2)c2c(CO)cccc21. The predicted octanol–water partition coefficient (Wildman–Crippen LogP) is 1.48. The average molecular weight is 338 g/mol. The van der Waals surface area contributed by atoms with E-state index in [0.29, 0.717) is 5.56 Å². The molecule has 1 aliphatic rings. The van der Waals surface area contributed by atoms with E-state index in [9.17, 15) is 21.9 Å². The van der Waals surface area contributed by atoms with E-state index >= 15 is 0 Å². The molecule has 1 atom stereocenters.